The van der Waals surface area contributed by atoms with Crippen LogP contribution in [0.15, 0.2) is 30.3 Å². The van der Waals surface area contributed by atoms with Crippen LogP contribution in [0.2, 0.25) is 0 Å². The van der Waals surface area contributed by atoms with Crippen molar-refractivity contribution in [2.75, 3.05) is 7.11 Å². The lowest BCUT2D eigenvalue weighted by atomic mass is 9.52. The molecule has 2 spiro atoms. The van der Waals surface area contributed by atoms with Gasteiger partial charge in [0, 0.05) is 22.7 Å². The number of aliphatic hydroxyl groups is 1. The molecular weight excluding hydrogens is 436 g/mol. The Morgan fingerprint density at radius 3 is 2.62 bits per heavy atom. The van der Waals surface area contributed by atoms with Gasteiger partial charge in [-0.2, -0.15) is 0 Å². The molecule has 8 rings (SSSR count). The van der Waals surface area contributed by atoms with Crippen LogP contribution >= 0.6 is 0 Å². The normalized spacial score (nSPS) is 50.7. The second-order valence-corrected chi connectivity index (χ2v) is 11.7. The van der Waals surface area contributed by atoms with Gasteiger partial charge >= 0.3 is 17.9 Å². The zero-order valence-electron chi connectivity index (χ0n) is 19.5. The number of esters is 3. The number of hydrogen-bond acceptors (Lipinski definition) is 7. The molecule has 0 radical (unpaired) electrons. The van der Waals surface area contributed by atoms with Gasteiger partial charge in [-0.05, 0) is 50.5 Å². The number of rotatable bonds is 4. The summed E-state index contributed by atoms with van der Waals surface area (Å²) >= 11 is 0. The van der Waals surface area contributed by atoms with Crippen molar-refractivity contribution in [3.63, 3.8) is 0 Å². The standard InChI is InChI=1S/C27H30O7/c1-24-16(21(29)33-13-14-6-4-3-5-7-14)9-11-27(34-23(24)31)19(24)17(22(30)32-2)25-12-15-8-10-26(25,27)20(25)18(15)28/h3-7,15-20,28H,8-13H2,1-2H3/t15-,16+,17-,18?,19-,20?,24+,25-,26+,27+/m1/s1. The first-order chi connectivity index (χ1) is 16.3. The second kappa shape index (κ2) is 6.23. The molecule has 1 aliphatic heterocycles. The molecule has 7 nitrogen and oxygen atoms in total. The minimum atomic E-state index is -1.15. The highest BCUT2D eigenvalue weighted by molar-refractivity contribution is 5.91. The van der Waals surface area contributed by atoms with Crippen LogP contribution in [0, 0.1) is 45.8 Å². The second-order valence-electron chi connectivity index (χ2n) is 11.7. The zero-order valence-corrected chi connectivity index (χ0v) is 19.5. The van der Waals surface area contributed by atoms with Crippen LogP contribution in [0.25, 0.3) is 0 Å². The average molecular weight is 467 g/mol. The summed E-state index contributed by atoms with van der Waals surface area (Å²) < 4.78 is 17.4. The van der Waals surface area contributed by atoms with Gasteiger partial charge in [0.15, 0.2) is 0 Å². The van der Waals surface area contributed by atoms with Crippen LogP contribution in [0.1, 0.15) is 44.6 Å². The molecule has 2 unspecified atom stereocenters. The summed E-state index contributed by atoms with van der Waals surface area (Å²) in [6, 6.07) is 9.46. The average Bonchev–Trinajstić information content (AvgIpc) is 3.23. The number of hydrogen-bond donors (Lipinski definition) is 1. The Kier molecular flexibility index (Phi) is 3.83. The Labute approximate surface area is 198 Å². The summed E-state index contributed by atoms with van der Waals surface area (Å²) in [6.07, 6.45) is 3.05. The molecular formula is C27H30O7. The van der Waals surface area contributed by atoms with Crippen molar-refractivity contribution in [3.05, 3.63) is 35.9 Å². The zero-order chi connectivity index (χ0) is 23.7. The highest BCUT2D eigenvalue weighted by Crippen LogP contribution is 2.97. The summed E-state index contributed by atoms with van der Waals surface area (Å²) in [5.41, 5.74) is -1.86. The van der Waals surface area contributed by atoms with E-state index in [9.17, 15) is 19.5 Å². The van der Waals surface area contributed by atoms with E-state index in [1.165, 1.54) is 7.11 Å². The molecule has 10 atom stereocenters. The lowest BCUT2D eigenvalue weighted by molar-refractivity contribution is -0.168. The van der Waals surface area contributed by atoms with Gasteiger partial charge in [-0.1, -0.05) is 30.3 Å². The molecule has 7 heteroatoms. The lowest BCUT2D eigenvalue weighted by Gasteiger charge is -2.49. The molecule has 6 saturated carbocycles. The number of carbonyl (C=O) groups excluding carboxylic acids is 3. The number of carbonyl (C=O) groups is 3. The fourth-order valence-electron chi connectivity index (χ4n) is 10.3. The summed E-state index contributed by atoms with van der Waals surface area (Å²) in [5.74, 6) is -2.67. The largest absolute Gasteiger partial charge is 0.469 e. The van der Waals surface area contributed by atoms with Crippen LogP contribution in [-0.4, -0.2) is 41.8 Å². The molecule has 1 aromatic rings. The summed E-state index contributed by atoms with van der Waals surface area (Å²) in [6.45, 7) is 1.94. The molecule has 180 valence electrons. The maximum atomic E-state index is 13.6. The van der Waals surface area contributed by atoms with Gasteiger partial charge in [-0.25, -0.2) is 0 Å². The molecule has 34 heavy (non-hydrogen) atoms. The molecule has 1 heterocycles. The molecule has 0 aromatic heterocycles. The fourth-order valence-corrected chi connectivity index (χ4v) is 10.3. The highest BCUT2D eigenvalue weighted by atomic mass is 16.6. The summed E-state index contributed by atoms with van der Waals surface area (Å²) in [5, 5.41) is 11.1. The Hall–Kier alpha value is -2.41. The van der Waals surface area contributed by atoms with Crippen molar-refractivity contribution in [2.24, 2.45) is 45.8 Å². The summed E-state index contributed by atoms with van der Waals surface area (Å²) in [7, 11) is 1.39. The van der Waals surface area contributed by atoms with Gasteiger partial charge in [0.2, 0.25) is 0 Å². The van der Waals surface area contributed by atoms with Crippen molar-refractivity contribution in [1.82, 2.24) is 0 Å². The first-order valence-corrected chi connectivity index (χ1v) is 12.5. The monoisotopic (exact) mass is 466 g/mol. The van der Waals surface area contributed by atoms with Gasteiger partial charge in [0.25, 0.3) is 0 Å². The predicted octanol–water partition coefficient (Wildman–Crippen LogP) is 2.64. The van der Waals surface area contributed by atoms with Gasteiger partial charge in [0.05, 0.1) is 30.5 Å². The number of aliphatic hydroxyl groups excluding tert-OH is 1. The molecule has 1 aromatic carbocycles. The molecule has 1 saturated heterocycles. The van der Waals surface area contributed by atoms with E-state index in [1.807, 2.05) is 30.3 Å². The van der Waals surface area contributed by atoms with E-state index in [-0.39, 0.29) is 29.8 Å². The number of benzene rings is 1. The van der Waals surface area contributed by atoms with E-state index in [0.29, 0.717) is 12.8 Å². The number of methoxy groups -OCH3 is 1. The molecule has 7 aliphatic rings. The van der Waals surface area contributed by atoms with E-state index in [1.54, 1.807) is 6.92 Å². The van der Waals surface area contributed by atoms with Crippen LogP contribution in [0.3, 0.4) is 0 Å². The SMILES string of the molecule is COC(=O)[C@H]1[C@@H]2[C@@]3(C)C(=O)O[C@]2(CC[C@H]3C(=O)OCc2ccccc2)[C@]23CC[C@@H]4C[C@]12C3C4O. The third-order valence-electron chi connectivity index (χ3n) is 11.2. The van der Waals surface area contributed by atoms with Crippen molar-refractivity contribution in [2.45, 2.75) is 57.3 Å². The highest BCUT2D eigenvalue weighted by Gasteiger charge is 3.02. The maximum absolute atomic E-state index is 13.6. The molecule has 6 aliphatic carbocycles. The van der Waals surface area contributed by atoms with E-state index in [2.05, 4.69) is 0 Å². The van der Waals surface area contributed by atoms with E-state index >= 15 is 0 Å². The Morgan fingerprint density at radius 2 is 1.88 bits per heavy atom. The number of ether oxygens (including phenoxy) is 3. The lowest BCUT2D eigenvalue weighted by Crippen LogP contribution is -2.57. The minimum absolute atomic E-state index is 0.0316. The number of fused-ring (bicyclic) bond motifs is 1. The molecule has 7 fully saturated rings. The van der Waals surface area contributed by atoms with Crippen molar-refractivity contribution < 1.29 is 33.7 Å². The Balaban J connectivity index is 1.29. The van der Waals surface area contributed by atoms with Gasteiger partial charge < -0.3 is 19.3 Å². The third kappa shape index (κ3) is 1.91. The third-order valence-corrected chi connectivity index (χ3v) is 11.2. The van der Waals surface area contributed by atoms with Crippen LogP contribution in [-0.2, 0) is 35.2 Å². The van der Waals surface area contributed by atoms with Gasteiger partial charge in [-0.15, -0.1) is 0 Å². The predicted molar refractivity (Wildman–Crippen MR) is 117 cm³/mol. The quantitative estimate of drug-likeness (QED) is 0.538. The molecule has 6 bridgehead atoms. The van der Waals surface area contributed by atoms with Gasteiger partial charge in [-0.3, -0.25) is 14.4 Å². The van der Waals surface area contributed by atoms with Crippen molar-refractivity contribution >= 4 is 17.9 Å². The van der Waals surface area contributed by atoms with Crippen molar-refractivity contribution in [1.29, 1.82) is 0 Å². The first kappa shape index (κ1) is 20.9. The van der Waals surface area contributed by atoms with Gasteiger partial charge in [0.1, 0.15) is 12.2 Å². The van der Waals surface area contributed by atoms with Crippen LogP contribution < -0.4 is 0 Å². The smallest absolute Gasteiger partial charge is 0.313 e. The minimum Gasteiger partial charge on any atom is -0.469 e. The van der Waals surface area contributed by atoms with Crippen molar-refractivity contribution in [3.8, 4) is 0 Å². The Bertz CT molecular complexity index is 1120. The van der Waals surface area contributed by atoms with Crippen LogP contribution in [0.4, 0.5) is 0 Å². The van der Waals surface area contributed by atoms with E-state index in [0.717, 1.165) is 24.8 Å². The fraction of sp³-hybridized carbons (Fsp3) is 0.667. The Morgan fingerprint density at radius 1 is 1.12 bits per heavy atom. The first-order valence-electron chi connectivity index (χ1n) is 12.5. The maximum Gasteiger partial charge on any atom is 0.313 e. The van der Waals surface area contributed by atoms with E-state index < -0.39 is 52.2 Å². The van der Waals surface area contributed by atoms with Crippen LogP contribution in [0.5, 0.6) is 0 Å². The van der Waals surface area contributed by atoms with E-state index in [4.69, 9.17) is 14.2 Å². The molecule has 1 N–H and O–H groups in total. The summed E-state index contributed by atoms with van der Waals surface area (Å²) in [4.78, 5) is 40.4. The molecule has 0 amide bonds. The topological polar surface area (TPSA) is 99.1 Å².